The van der Waals surface area contributed by atoms with Gasteiger partial charge in [0.25, 0.3) is 0 Å². The van der Waals surface area contributed by atoms with Crippen LogP contribution in [-0.2, 0) is 11.3 Å². The quantitative estimate of drug-likeness (QED) is 0.483. The summed E-state index contributed by atoms with van der Waals surface area (Å²) in [6, 6.07) is 21.8. The summed E-state index contributed by atoms with van der Waals surface area (Å²) in [5.41, 5.74) is 3.20. The molecule has 0 N–H and O–H groups in total. The van der Waals surface area contributed by atoms with Crippen LogP contribution in [0.3, 0.4) is 0 Å². The Morgan fingerprint density at radius 2 is 1.73 bits per heavy atom. The molecule has 5 heteroatoms. The van der Waals surface area contributed by atoms with Crippen LogP contribution in [0.5, 0.6) is 11.5 Å². The first-order valence-corrected chi connectivity index (χ1v) is 11.1. The summed E-state index contributed by atoms with van der Waals surface area (Å²) in [7, 11) is 3.28. The van der Waals surface area contributed by atoms with Crippen molar-refractivity contribution in [2.24, 2.45) is 5.41 Å². The number of pyridine rings is 1. The first-order chi connectivity index (χ1) is 15.9. The summed E-state index contributed by atoms with van der Waals surface area (Å²) in [6.45, 7) is 5.34. The Labute approximate surface area is 195 Å². The number of hydrogen-bond donors (Lipinski definition) is 0. The summed E-state index contributed by atoms with van der Waals surface area (Å²) in [5, 5.41) is 0. The molecule has 1 aliphatic heterocycles. The monoisotopic (exact) mass is 442 g/mol. The molecule has 1 fully saturated rings. The smallest absolute Gasteiger partial charge is 0.167 e. The molecule has 1 aromatic heterocycles. The van der Waals surface area contributed by atoms with Crippen LogP contribution in [0, 0.1) is 5.41 Å². The fourth-order valence-electron chi connectivity index (χ4n) is 4.53. The molecule has 1 atom stereocenters. The van der Waals surface area contributed by atoms with Gasteiger partial charge in [-0.15, -0.1) is 0 Å². The second-order valence-electron chi connectivity index (χ2n) is 8.97. The Balaban J connectivity index is 1.80. The Morgan fingerprint density at radius 1 is 1.00 bits per heavy atom. The number of carbonyl (C=O) groups is 1. The Hall–Kier alpha value is -3.44. The van der Waals surface area contributed by atoms with E-state index in [4.69, 9.17) is 9.47 Å². The van der Waals surface area contributed by atoms with Gasteiger partial charge in [-0.3, -0.25) is 14.7 Å². The molecule has 1 unspecified atom stereocenters. The Morgan fingerprint density at radius 3 is 2.39 bits per heavy atom. The third kappa shape index (κ3) is 4.83. The zero-order valence-electron chi connectivity index (χ0n) is 19.6. The number of rotatable bonds is 6. The number of benzene rings is 2. The number of Topliss-reactive ketones (excluding diaryl/α,β-unsaturated/α-hetero) is 1. The molecule has 0 spiro atoms. The molecule has 170 valence electrons. The fraction of sp³-hybridized carbons (Fsp3) is 0.286. The highest BCUT2D eigenvalue weighted by atomic mass is 16.5. The van der Waals surface area contributed by atoms with Crippen molar-refractivity contribution >= 4 is 11.9 Å². The summed E-state index contributed by atoms with van der Waals surface area (Å²) in [6.07, 6.45) is 3.70. The van der Waals surface area contributed by atoms with Gasteiger partial charge in [-0.2, -0.15) is 0 Å². The fourth-order valence-corrected chi connectivity index (χ4v) is 4.53. The summed E-state index contributed by atoms with van der Waals surface area (Å²) in [5.74, 6) is 1.55. The molecule has 2 heterocycles. The highest BCUT2D eigenvalue weighted by molar-refractivity contribution is 6.05. The number of piperidine rings is 1. The predicted molar refractivity (Wildman–Crippen MR) is 130 cm³/mol. The lowest BCUT2D eigenvalue weighted by molar-refractivity contribution is -0.128. The molecular weight excluding hydrogens is 412 g/mol. The second-order valence-corrected chi connectivity index (χ2v) is 8.97. The number of carbonyl (C=O) groups excluding carboxylic acids is 1. The van der Waals surface area contributed by atoms with Crippen LogP contribution in [0.1, 0.15) is 36.7 Å². The average Bonchev–Trinajstić information content (AvgIpc) is 2.83. The SMILES string of the molecule is COc1ccc(CN2CC(C)(C)C(=O)C(=Cc3ccccn3)C2c2ccccc2)cc1OC. The molecule has 0 aliphatic carbocycles. The standard InChI is InChI=1S/C28H30N2O3/c1-28(2)19-30(18-20-13-14-24(32-3)25(16-20)33-4)26(21-10-6-5-7-11-21)23(27(28)31)17-22-12-8-9-15-29-22/h5-17,26H,18-19H2,1-4H3. The molecule has 4 rings (SSSR count). The molecule has 33 heavy (non-hydrogen) atoms. The highest BCUT2D eigenvalue weighted by Gasteiger charge is 2.43. The number of hydrogen-bond acceptors (Lipinski definition) is 5. The minimum absolute atomic E-state index is 0.158. The molecular formula is C28H30N2O3. The number of ketones is 1. The van der Waals surface area contributed by atoms with E-state index < -0.39 is 5.41 Å². The number of ether oxygens (including phenoxy) is 2. The molecule has 0 saturated carbocycles. The minimum atomic E-state index is -0.525. The van der Waals surface area contributed by atoms with Gasteiger partial charge in [-0.1, -0.05) is 56.3 Å². The zero-order valence-corrected chi connectivity index (χ0v) is 19.6. The van der Waals surface area contributed by atoms with Crippen LogP contribution in [0.15, 0.2) is 78.5 Å². The number of likely N-dealkylation sites (tertiary alicyclic amines) is 1. The van der Waals surface area contributed by atoms with Gasteiger partial charge in [0.2, 0.25) is 0 Å². The Bertz CT molecular complexity index is 1140. The van der Waals surface area contributed by atoms with Crippen LogP contribution < -0.4 is 9.47 Å². The molecule has 1 aliphatic rings. The van der Waals surface area contributed by atoms with E-state index in [1.165, 1.54) is 0 Å². The maximum atomic E-state index is 13.7. The minimum Gasteiger partial charge on any atom is -0.493 e. The lowest BCUT2D eigenvalue weighted by Crippen LogP contribution is -2.49. The van der Waals surface area contributed by atoms with Crippen molar-refractivity contribution < 1.29 is 14.3 Å². The zero-order chi connectivity index (χ0) is 23.4. The first kappa shape index (κ1) is 22.7. The molecule has 5 nitrogen and oxygen atoms in total. The van der Waals surface area contributed by atoms with Crippen molar-refractivity contribution in [3.05, 3.63) is 95.3 Å². The van der Waals surface area contributed by atoms with E-state index >= 15 is 0 Å². The van der Waals surface area contributed by atoms with Crippen molar-refractivity contribution in [2.45, 2.75) is 26.4 Å². The lowest BCUT2D eigenvalue weighted by atomic mass is 9.74. The molecule has 0 amide bonds. The van der Waals surface area contributed by atoms with E-state index in [1.807, 2.05) is 68.5 Å². The van der Waals surface area contributed by atoms with Crippen molar-refractivity contribution in [1.82, 2.24) is 9.88 Å². The predicted octanol–water partition coefficient (Wildman–Crippen LogP) is 5.33. The van der Waals surface area contributed by atoms with Crippen molar-refractivity contribution in [3.63, 3.8) is 0 Å². The molecule has 1 saturated heterocycles. The summed E-state index contributed by atoms with van der Waals surface area (Å²) < 4.78 is 10.9. The van der Waals surface area contributed by atoms with Crippen molar-refractivity contribution in [1.29, 1.82) is 0 Å². The lowest BCUT2D eigenvalue weighted by Gasteiger charge is -2.44. The molecule has 3 aromatic rings. The maximum absolute atomic E-state index is 13.7. The van der Waals surface area contributed by atoms with Crippen molar-refractivity contribution in [3.8, 4) is 11.5 Å². The number of aromatic nitrogens is 1. The summed E-state index contributed by atoms with van der Waals surface area (Å²) >= 11 is 0. The van der Waals surface area contributed by atoms with E-state index in [9.17, 15) is 4.79 Å². The Kier molecular flexibility index (Phi) is 6.61. The van der Waals surface area contributed by atoms with Crippen LogP contribution >= 0.6 is 0 Å². The third-order valence-electron chi connectivity index (χ3n) is 6.08. The van der Waals surface area contributed by atoms with Gasteiger partial charge < -0.3 is 9.47 Å². The first-order valence-electron chi connectivity index (χ1n) is 11.1. The van der Waals surface area contributed by atoms with Gasteiger partial charge in [0.1, 0.15) is 0 Å². The van der Waals surface area contributed by atoms with Gasteiger partial charge in [-0.05, 0) is 41.5 Å². The maximum Gasteiger partial charge on any atom is 0.167 e. The average molecular weight is 443 g/mol. The van der Waals surface area contributed by atoms with Crippen molar-refractivity contribution in [2.75, 3.05) is 20.8 Å². The van der Waals surface area contributed by atoms with E-state index in [2.05, 4.69) is 28.1 Å². The highest BCUT2D eigenvalue weighted by Crippen LogP contribution is 2.42. The molecule has 0 radical (unpaired) electrons. The van der Waals surface area contributed by atoms with E-state index in [0.29, 0.717) is 24.6 Å². The van der Waals surface area contributed by atoms with Gasteiger partial charge in [0.15, 0.2) is 17.3 Å². The van der Waals surface area contributed by atoms with Crippen LogP contribution in [-0.4, -0.2) is 36.4 Å². The van der Waals surface area contributed by atoms with Gasteiger partial charge in [-0.25, -0.2) is 0 Å². The van der Waals surface area contributed by atoms with Gasteiger partial charge >= 0.3 is 0 Å². The third-order valence-corrected chi connectivity index (χ3v) is 6.08. The molecule has 0 bridgehead atoms. The number of methoxy groups -OCH3 is 2. The van der Waals surface area contributed by atoms with E-state index in [1.54, 1.807) is 20.4 Å². The van der Waals surface area contributed by atoms with Crippen LogP contribution in [0.2, 0.25) is 0 Å². The largest absolute Gasteiger partial charge is 0.493 e. The topological polar surface area (TPSA) is 51.7 Å². The normalized spacial score (nSPS) is 19.5. The van der Waals surface area contributed by atoms with E-state index in [0.717, 1.165) is 22.4 Å². The van der Waals surface area contributed by atoms with Gasteiger partial charge in [0.05, 0.1) is 26.0 Å². The van der Waals surface area contributed by atoms with Gasteiger partial charge in [0, 0.05) is 30.3 Å². The second kappa shape index (κ2) is 9.59. The van der Waals surface area contributed by atoms with E-state index in [-0.39, 0.29) is 11.8 Å². The van der Waals surface area contributed by atoms with Crippen LogP contribution in [0.4, 0.5) is 0 Å². The number of nitrogens with zero attached hydrogens (tertiary/aromatic N) is 2. The van der Waals surface area contributed by atoms with Crippen LogP contribution in [0.25, 0.3) is 6.08 Å². The summed E-state index contributed by atoms with van der Waals surface area (Å²) in [4.78, 5) is 20.5. The molecule has 2 aromatic carbocycles.